The lowest BCUT2D eigenvalue weighted by Gasteiger charge is -2.03. The third-order valence-corrected chi connectivity index (χ3v) is 3.84. The first-order valence-corrected chi connectivity index (χ1v) is 7.51. The van der Waals surface area contributed by atoms with Crippen molar-refractivity contribution in [2.75, 3.05) is 0 Å². The SMILES string of the molecule is O=C(N/N=C/c1ccccc1O)c1cc(I)ccc1Br. The Hall–Kier alpha value is -1.41. The van der Waals surface area contributed by atoms with Crippen molar-refractivity contribution >= 4 is 50.6 Å². The average molecular weight is 445 g/mol. The number of aromatic hydroxyl groups is 1. The molecule has 20 heavy (non-hydrogen) atoms. The number of hydrazone groups is 1. The predicted octanol–water partition coefficient (Wildman–Crippen LogP) is 3.52. The molecule has 0 unspecified atom stereocenters. The van der Waals surface area contributed by atoms with Gasteiger partial charge in [0.1, 0.15) is 5.75 Å². The van der Waals surface area contributed by atoms with Gasteiger partial charge in [0, 0.05) is 13.6 Å². The Labute approximate surface area is 138 Å². The van der Waals surface area contributed by atoms with Gasteiger partial charge in [0.2, 0.25) is 0 Å². The number of benzene rings is 2. The lowest BCUT2D eigenvalue weighted by atomic mass is 10.2. The van der Waals surface area contributed by atoms with Gasteiger partial charge in [-0.1, -0.05) is 12.1 Å². The van der Waals surface area contributed by atoms with Gasteiger partial charge in [-0.05, 0) is 68.9 Å². The van der Waals surface area contributed by atoms with Gasteiger partial charge in [0.25, 0.3) is 5.91 Å². The number of phenolic OH excluding ortho intramolecular Hbond substituents is 1. The molecule has 0 aromatic heterocycles. The smallest absolute Gasteiger partial charge is 0.272 e. The maximum Gasteiger partial charge on any atom is 0.272 e. The summed E-state index contributed by atoms with van der Waals surface area (Å²) >= 11 is 5.46. The zero-order valence-corrected chi connectivity index (χ0v) is 13.9. The van der Waals surface area contributed by atoms with E-state index in [0.29, 0.717) is 15.6 Å². The van der Waals surface area contributed by atoms with Crippen LogP contribution in [0.4, 0.5) is 0 Å². The summed E-state index contributed by atoms with van der Waals surface area (Å²) in [7, 11) is 0. The van der Waals surface area contributed by atoms with Crippen LogP contribution >= 0.6 is 38.5 Å². The van der Waals surface area contributed by atoms with Gasteiger partial charge in [-0.2, -0.15) is 5.10 Å². The van der Waals surface area contributed by atoms with Crippen molar-refractivity contribution < 1.29 is 9.90 Å². The van der Waals surface area contributed by atoms with Gasteiger partial charge < -0.3 is 5.11 Å². The second kappa shape index (κ2) is 6.85. The van der Waals surface area contributed by atoms with Crippen molar-refractivity contribution in [1.82, 2.24) is 5.43 Å². The molecule has 2 aromatic rings. The maximum absolute atomic E-state index is 12.0. The lowest BCUT2D eigenvalue weighted by molar-refractivity contribution is 0.0954. The van der Waals surface area contributed by atoms with Crippen LogP contribution in [0.3, 0.4) is 0 Å². The van der Waals surface area contributed by atoms with Crippen LogP contribution in [0.15, 0.2) is 52.0 Å². The van der Waals surface area contributed by atoms with Crippen molar-refractivity contribution in [2.45, 2.75) is 0 Å². The topological polar surface area (TPSA) is 61.7 Å². The number of rotatable bonds is 3. The van der Waals surface area contributed by atoms with E-state index >= 15 is 0 Å². The van der Waals surface area contributed by atoms with Crippen molar-refractivity contribution in [1.29, 1.82) is 0 Å². The Morgan fingerprint density at radius 1 is 1.30 bits per heavy atom. The van der Waals surface area contributed by atoms with E-state index in [0.717, 1.165) is 3.57 Å². The summed E-state index contributed by atoms with van der Waals surface area (Å²) in [5.74, 6) is -0.206. The number of hydrogen-bond donors (Lipinski definition) is 2. The first-order chi connectivity index (χ1) is 9.58. The number of hydrogen-bond acceptors (Lipinski definition) is 3. The Morgan fingerprint density at radius 3 is 2.80 bits per heavy atom. The van der Waals surface area contributed by atoms with Crippen LogP contribution in [-0.2, 0) is 0 Å². The van der Waals surface area contributed by atoms with E-state index in [1.54, 1.807) is 30.3 Å². The molecule has 2 N–H and O–H groups in total. The molecule has 6 heteroatoms. The number of halogens is 2. The van der Waals surface area contributed by atoms with Gasteiger partial charge in [-0.25, -0.2) is 5.43 Å². The molecular formula is C14H10BrIN2O2. The van der Waals surface area contributed by atoms with Crippen LogP contribution in [0.2, 0.25) is 0 Å². The molecule has 0 saturated heterocycles. The third kappa shape index (κ3) is 3.80. The van der Waals surface area contributed by atoms with Gasteiger partial charge in [0.15, 0.2) is 0 Å². The molecule has 0 radical (unpaired) electrons. The molecule has 2 rings (SSSR count). The zero-order chi connectivity index (χ0) is 14.5. The van der Waals surface area contributed by atoms with Crippen LogP contribution in [0, 0.1) is 3.57 Å². The number of nitrogens with one attached hydrogen (secondary N) is 1. The second-order valence-electron chi connectivity index (χ2n) is 3.88. The summed E-state index contributed by atoms with van der Waals surface area (Å²) in [5.41, 5.74) is 3.47. The van der Waals surface area contributed by atoms with E-state index in [4.69, 9.17) is 0 Å². The predicted molar refractivity (Wildman–Crippen MR) is 90.0 cm³/mol. The molecule has 0 spiro atoms. The molecule has 0 aliphatic heterocycles. The van der Waals surface area contributed by atoms with E-state index < -0.39 is 0 Å². The van der Waals surface area contributed by atoms with E-state index in [9.17, 15) is 9.90 Å². The molecule has 0 fully saturated rings. The summed E-state index contributed by atoms with van der Waals surface area (Å²) in [5, 5.41) is 13.4. The summed E-state index contributed by atoms with van der Waals surface area (Å²) in [6.45, 7) is 0. The molecule has 102 valence electrons. The van der Waals surface area contributed by atoms with Gasteiger partial charge >= 0.3 is 0 Å². The first-order valence-electron chi connectivity index (χ1n) is 5.64. The second-order valence-corrected chi connectivity index (χ2v) is 5.98. The van der Waals surface area contributed by atoms with Gasteiger partial charge in [-0.3, -0.25) is 4.79 Å². The van der Waals surface area contributed by atoms with Crippen LogP contribution in [0.1, 0.15) is 15.9 Å². The van der Waals surface area contributed by atoms with E-state index in [1.165, 1.54) is 6.21 Å². The highest BCUT2D eigenvalue weighted by Crippen LogP contribution is 2.19. The fourth-order valence-corrected chi connectivity index (χ4v) is 2.41. The molecule has 0 atom stereocenters. The number of phenols is 1. The summed E-state index contributed by atoms with van der Waals surface area (Å²) in [6, 6.07) is 12.2. The Morgan fingerprint density at radius 2 is 2.05 bits per heavy atom. The number of carbonyl (C=O) groups excluding carboxylic acids is 1. The monoisotopic (exact) mass is 444 g/mol. The Kier molecular flexibility index (Phi) is 5.13. The molecule has 0 saturated carbocycles. The fraction of sp³-hybridized carbons (Fsp3) is 0. The van der Waals surface area contributed by atoms with E-state index in [1.807, 2.05) is 12.1 Å². The highest BCUT2D eigenvalue weighted by Gasteiger charge is 2.09. The first kappa shape index (κ1) is 15.0. The molecular weight excluding hydrogens is 435 g/mol. The van der Waals surface area contributed by atoms with Crippen molar-refractivity contribution in [3.63, 3.8) is 0 Å². The lowest BCUT2D eigenvalue weighted by Crippen LogP contribution is -2.18. The normalized spacial score (nSPS) is 10.7. The molecule has 1 amide bonds. The minimum absolute atomic E-state index is 0.112. The van der Waals surface area contributed by atoms with Gasteiger partial charge in [0.05, 0.1) is 11.8 Å². The molecule has 0 aliphatic rings. The highest BCUT2D eigenvalue weighted by atomic mass is 127. The zero-order valence-electron chi connectivity index (χ0n) is 10.2. The average Bonchev–Trinajstić information content (AvgIpc) is 2.43. The standard InChI is InChI=1S/C14H10BrIN2O2/c15-12-6-5-10(16)7-11(12)14(20)18-17-8-9-3-1-2-4-13(9)19/h1-8,19H,(H,18,20)/b17-8+. The summed E-state index contributed by atoms with van der Waals surface area (Å²) in [6.07, 6.45) is 1.40. The van der Waals surface area contributed by atoms with Crippen LogP contribution in [-0.4, -0.2) is 17.2 Å². The summed E-state index contributed by atoms with van der Waals surface area (Å²) < 4.78 is 1.66. The maximum atomic E-state index is 12.0. The van der Waals surface area contributed by atoms with E-state index in [-0.39, 0.29) is 11.7 Å². The minimum atomic E-state index is -0.318. The van der Waals surface area contributed by atoms with Gasteiger partial charge in [-0.15, -0.1) is 0 Å². The molecule has 4 nitrogen and oxygen atoms in total. The molecule has 2 aromatic carbocycles. The number of carbonyl (C=O) groups is 1. The summed E-state index contributed by atoms with van der Waals surface area (Å²) in [4.78, 5) is 12.0. The van der Waals surface area contributed by atoms with Crippen molar-refractivity contribution in [3.8, 4) is 5.75 Å². The third-order valence-electron chi connectivity index (χ3n) is 2.48. The molecule has 0 aliphatic carbocycles. The van der Waals surface area contributed by atoms with Crippen molar-refractivity contribution in [3.05, 3.63) is 61.6 Å². The number of nitrogens with zero attached hydrogens (tertiary/aromatic N) is 1. The Bertz CT molecular complexity index is 674. The fourth-order valence-electron chi connectivity index (χ4n) is 1.49. The molecule has 0 heterocycles. The molecule has 0 bridgehead atoms. The quantitative estimate of drug-likeness (QED) is 0.432. The highest BCUT2D eigenvalue weighted by molar-refractivity contribution is 14.1. The van der Waals surface area contributed by atoms with Crippen molar-refractivity contribution in [2.24, 2.45) is 5.10 Å². The van der Waals surface area contributed by atoms with Crippen LogP contribution < -0.4 is 5.43 Å². The van der Waals surface area contributed by atoms with Crippen LogP contribution in [0.5, 0.6) is 5.75 Å². The largest absolute Gasteiger partial charge is 0.507 e. The Balaban J connectivity index is 2.09. The minimum Gasteiger partial charge on any atom is -0.507 e. The number of amides is 1. The van der Waals surface area contributed by atoms with Crippen LogP contribution in [0.25, 0.3) is 0 Å². The van der Waals surface area contributed by atoms with E-state index in [2.05, 4.69) is 49.0 Å². The number of para-hydroxylation sites is 1.